The normalized spacial score (nSPS) is 17.5. The average Bonchev–Trinajstić information content (AvgIpc) is 2.49. The molecule has 1 aliphatic heterocycles. The smallest absolute Gasteiger partial charge is 0.251 e. The number of hydrogen-bond donors (Lipinski definition) is 2. The molecule has 1 saturated heterocycles. The number of anilines is 1. The quantitative estimate of drug-likeness (QED) is 0.869. The number of nitrogens with one attached hydrogen (secondary N) is 2. The Morgan fingerprint density at radius 1 is 1.30 bits per heavy atom. The van der Waals surface area contributed by atoms with Crippen molar-refractivity contribution in [2.45, 2.75) is 32.7 Å². The lowest BCUT2D eigenvalue weighted by atomic mass is 9.93. The lowest BCUT2D eigenvalue weighted by Gasteiger charge is -2.28. The van der Waals surface area contributed by atoms with Crippen molar-refractivity contribution in [2.75, 3.05) is 25.1 Å². The Balaban J connectivity index is 1.89. The maximum absolute atomic E-state index is 12.2. The molecular weight excluding hydrogens is 252 g/mol. The SMILES string of the molecule is CCNc1ccc(C(=O)NC(C)C2CCOCC2)cc1. The van der Waals surface area contributed by atoms with Gasteiger partial charge in [-0.25, -0.2) is 0 Å². The molecule has 110 valence electrons. The summed E-state index contributed by atoms with van der Waals surface area (Å²) in [7, 11) is 0. The van der Waals surface area contributed by atoms with Crippen LogP contribution in [0, 0.1) is 5.92 Å². The van der Waals surface area contributed by atoms with Gasteiger partial charge in [0.05, 0.1) is 0 Å². The van der Waals surface area contributed by atoms with Crippen molar-refractivity contribution in [3.8, 4) is 0 Å². The minimum atomic E-state index is 0.00652. The van der Waals surface area contributed by atoms with E-state index in [1.807, 2.05) is 24.3 Å². The van der Waals surface area contributed by atoms with E-state index in [4.69, 9.17) is 4.74 Å². The molecule has 0 aliphatic carbocycles. The van der Waals surface area contributed by atoms with Crippen LogP contribution in [-0.2, 0) is 4.74 Å². The fourth-order valence-corrected chi connectivity index (χ4v) is 2.57. The Labute approximate surface area is 120 Å². The second-order valence-electron chi connectivity index (χ2n) is 5.32. The molecule has 0 saturated carbocycles. The highest BCUT2D eigenvalue weighted by Crippen LogP contribution is 2.19. The molecule has 20 heavy (non-hydrogen) atoms. The first-order valence-electron chi connectivity index (χ1n) is 7.43. The van der Waals surface area contributed by atoms with E-state index >= 15 is 0 Å². The zero-order chi connectivity index (χ0) is 14.4. The van der Waals surface area contributed by atoms with Crippen molar-refractivity contribution >= 4 is 11.6 Å². The first-order valence-corrected chi connectivity index (χ1v) is 7.43. The lowest BCUT2D eigenvalue weighted by molar-refractivity contribution is 0.0538. The minimum Gasteiger partial charge on any atom is -0.385 e. The summed E-state index contributed by atoms with van der Waals surface area (Å²) in [4.78, 5) is 12.2. The van der Waals surface area contributed by atoms with Gasteiger partial charge in [0.25, 0.3) is 5.91 Å². The van der Waals surface area contributed by atoms with Crippen molar-refractivity contribution in [1.29, 1.82) is 0 Å². The maximum atomic E-state index is 12.2. The van der Waals surface area contributed by atoms with Gasteiger partial charge in [-0.1, -0.05) is 0 Å². The van der Waals surface area contributed by atoms with Gasteiger partial charge in [-0.2, -0.15) is 0 Å². The van der Waals surface area contributed by atoms with Crippen molar-refractivity contribution in [3.63, 3.8) is 0 Å². The van der Waals surface area contributed by atoms with Gasteiger partial charge < -0.3 is 15.4 Å². The average molecular weight is 276 g/mol. The highest BCUT2D eigenvalue weighted by atomic mass is 16.5. The number of amides is 1. The molecule has 1 aromatic carbocycles. The lowest BCUT2D eigenvalue weighted by Crippen LogP contribution is -2.40. The summed E-state index contributed by atoms with van der Waals surface area (Å²) >= 11 is 0. The van der Waals surface area contributed by atoms with Crippen molar-refractivity contribution < 1.29 is 9.53 Å². The van der Waals surface area contributed by atoms with Crippen LogP contribution < -0.4 is 10.6 Å². The Kier molecular flexibility index (Phi) is 5.41. The van der Waals surface area contributed by atoms with Crippen LogP contribution in [0.1, 0.15) is 37.0 Å². The van der Waals surface area contributed by atoms with E-state index in [2.05, 4.69) is 24.5 Å². The highest BCUT2D eigenvalue weighted by Gasteiger charge is 2.22. The molecule has 0 bridgehead atoms. The molecule has 2 N–H and O–H groups in total. The first kappa shape index (κ1) is 14.9. The molecular formula is C16H24N2O2. The van der Waals surface area contributed by atoms with Crippen LogP contribution in [0.3, 0.4) is 0 Å². The van der Waals surface area contributed by atoms with Gasteiger partial charge >= 0.3 is 0 Å². The maximum Gasteiger partial charge on any atom is 0.251 e. The van der Waals surface area contributed by atoms with Crippen LogP contribution in [0.2, 0.25) is 0 Å². The second kappa shape index (κ2) is 7.29. The van der Waals surface area contributed by atoms with Gasteiger partial charge in [0.15, 0.2) is 0 Å². The van der Waals surface area contributed by atoms with Gasteiger partial charge in [-0.05, 0) is 56.9 Å². The van der Waals surface area contributed by atoms with E-state index < -0.39 is 0 Å². The molecule has 1 atom stereocenters. The fraction of sp³-hybridized carbons (Fsp3) is 0.562. The van der Waals surface area contributed by atoms with Crippen LogP contribution in [0.25, 0.3) is 0 Å². The number of ether oxygens (including phenoxy) is 1. The number of carbonyl (C=O) groups is 1. The molecule has 4 heteroatoms. The van der Waals surface area contributed by atoms with Gasteiger partial charge in [0.2, 0.25) is 0 Å². The summed E-state index contributed by atoms with van der Waals surface area (Å²) < 4.78 is 5.36. The zero-order valence-corrected chi connectivity index (χ0v) is 12.3. The minimum absolute atomic E-state index is 0.00652. The summed E-state index contributed by atoms with van der Waals surface area (Å²) in [5, 5.41) is 6.32. The second-order valence-corrected chi connectivity index (χ2v) is 5.32. The van der Waals surface area contributed by atoms with Crippen LogP contribution in [0.4, 0.5) is 5.69 Å². The predicted octanol–water partition coefficient (Wildman–Crippen LogP) is 2.66. The first-order chi connectivity index (χ1) is 9.70. The van der Waals surface area contributed by atoms with E-state index in [1.54, 1.807) is 0 Å². The molecule has 1 heterocycles. The zero-order valence-electron chi connectivity index (χ0n) is 12.3. The Morgan fingerprint density at radius 2 is 1.95 bits per heavy atom. The monoisotopic (exact) mass is 276 g/mol. The Bertz CT molecular complexity index is 425. The molecule has 1 aromatic rings. The number of carbonyl (C=O) groups excluding carboxylic acids is 1. The van der Waals surface area contributed by atoms with Gasteiger partial charge in [-0.15, -0.1) is 0 Å². The van der Waals surface area contributed by atoms with Crippen molar-refractivity contribution in [2.24, 2.45) is 5.92 Å². The third-order valence-electron chi connectivity index (χ3n) is 3.86. The third kappa shape index (κ3) is 3.97. The van der Waals surface area contributed by atoms with E-state index in [0.717, 1.165) is 38.3 Å². The molecule has 1 unspecified atom stereocenters. The van der Waals surface area contributed by atoms with Crippen LogP contribution in [0.5, 0.6) is 0 Å². The Hall–Kier alpha value is -1.55. The Morgan fingerprint density at radius 3 is 2.55 bits per heavy atom. The van der Waals surface area contributed by atoms with Crippen LogP contribution in [-0.4, -0.2) is 31.7 Å². The van der Waals surface area contributed by atoms with Crippen molar-refractivity contribution in [3.05, 3.63) is 29.8 Å². The van der Waals surface area contributed by atoms with Crippen LogP contribution in [0.15, 0.2) is 24.3 Å². The molecule has 1 amide bonds. The van der Waals surface area contributed by atoms with E-state index in [-0.39, 0.29) is 11.9 Å². The van der Waals surface area contributed by atoms with Gasteiger partial charge in [0.1, 0.15) is 0 Å². The third-order valence-corrected chi connectivity index (χ3v) is 3.86. The standard InChI is InChI=1S/C16H24N2O2/c1-3-17-15-6-4-14(5-7-15)16(19)18-12(2)13-8-10-20-11-9-13/h4-7,12-13,17H,3,8-11H2,1-2H3,(H,18,19). The predicted molar refractivity (Wildman–Crippen MR) is 81.1 cm³/mol. The number of rotatable bonds is 5. The molecule has 2 rings (SSSR count). The van der Waals surface area contributed by atoms with E-state index in [0.29, 0.717) is 11.5 Å². The summed E-state index contributed by atoms with van der Waals surface area (Å²) in [5.74, 6) is 0.528. The largest absolute Gasteiger partial charge is 0.385 e. The van der Waals surface area contributed by atoms with Crippen molar-refractivity contribution in [1.82, 2.24) is 5.32 Å². The fourth-order valence-electron chi connectivity index (χ4n) is 2.57. The van der Waals surface area contributed by atoms with Crippen LogP contribution >= 0.6 is 0 Å². The molecule has 0 spiro atoms. The van der Waals surface area contributed by atoms with E-state index in [1.165, 1.54) is 0 Å². The summed E-state index contributed by atoms with van der Waals surface area (Å²) in [5.41, 5.74) is 1.76. The molecule has 0 aromatic heterocycles. The summed E-state index contributed by atoms with van der Waals surface area (Å²) in [6, 6.07) is 7.81. The number of hydrogen-bond acceptors (Lipinski definition) is 3. The molecule has 1 aliphatic rings. The molecule has 4 nitrogen and oxygen atoms in total. The summed E-state index contributed by atoms with van der Waals surface area (Å²) in [6.07, 6.45) is 2.06. The number of benzene rings is 1. The molecule has 1 fully saturated rings. The van der Waals surface area contributed by atoms with Gasteiger partial charge in [-0.3, -0.25) is 4.79 Å². The highest BCUT2D eigenvalue weighted by molar-refractivity contribution is 5.94. The van der Waals surface area contributed by atoms with E-state index in [9.17, 15) is 4.79 Å². The molecule has 0 radical (unpaired) electrons. The topological polar surface area (TPSA) is 50.4 Å². The summed E-state index contributed by atoms with van der Waals surface area (Å²) in [6.45, 7) is 6.63. The van der Waals surface area contributed by atoms with Gasteiger partial charge in [0, 0.05) is 37.1 Å².